The van der Waals surface area contributed by atoms with Crippen LogP contribution in [0, 0.1) is 34.8 Å². The monoisotopic (exact) mass is 377 g/mol. The van der Waals surface area contributed by atoms with E-state index in [1.54, 1.807) is 11.6 Å². The first-order valence-corrected chi connectivity index (χ1v) is 10.0. The molecule has 7 heteroatoms. The molecule has 138 valence electrons. The van der Waals surface area contributed by atoms with Crippen molar-refractivity contribution in [3.05, 3.63) is 28.6 Å². The molecular weight excluding hydrogens is 356 g/mol. The van der Waals surface area contributed by atoms with Gasteiger partial charge in [-0.25, -0.2) is 14.2 Å². The highest BCUT2D eigenvalue weighted by atomic mass is 32.1. The van der Waals surface area contributed by atoms with Gasteiger partial charge in [0.05, 0.1) is 15.6 Å². The van der Waals surface area contributed by atoms with Crippen LogP contribution in [0.1, 0.15) is 38.5 Å². The first-order chi connectivity index (χ1) is 12.4. The highest BCUT2D eigenvalue weighted by molar-refractivity contribution is 7.16. The van der Waals surface area contributed by atoms with Gasteiger partial charge < -0.3 is 4.57 Å². The van der Waals surface area contributed by atoms with Crippen molar-refractivity contribution in [1.29, 1.82) is 0 Å². The van der Waals surface area contributed by atoms with Gasteiger partial charge in [0.2, 0.25) is 10.7 Å². The SMILES string of the molecule is Cn1/c(=N\NC(=O)C23CC4CC(CC(C4)C2)C3)sc2cc(F)cc(F)c21. The van der Waals surface area contributed by atoms with E-state index in [2.05, 4.69) is 10.5 Å². The molecule has 4 nitrogen and oxygen atoms in total. The Morgan fingerprint density at radius 1 is 1.19 bits per heavy atom. The second-order valence-corrected chi connectivity index (χ2v) is 9.44. The molecule has 26 heavy (non-hydrogen) atoms. The molecule has 1 amide bonds. The molecule has 0 unspecified atom stereocenters. The van der Waals surface area contributed by atoms with Gasteiger partial charge in [-0.05, 0) is 62.3 Å². The molecule has 0 radical (unpaired) electrons. The van der Waals surface area contributed by atoms with Crippen LogP contribution < -0.4 is 10.2 Å². The highest BCUT2D eigenvalue weighted by Gasteiger charge is 2.54. The van der Waals surface area contributed by atoms with Gasteiger partial charge in [0.25, 0.3) is 0 Å². The maximum atomic E-state index is 14.0. The standard InChI is InChI=1S/C19H21F2N3OS/c1-24-16-14(21)5-13(20)6-15(16)26-18(24)23-22-17(25)19-7-10-2-11(8-19)4-12(3-10)9-19/h5-6,10-12H,2-4,7-9H2,1H3,(H,22,25)/b23-18+. The highest BCUT2D eigenvalue weighted by Crippen LogP contribution is 2.60. The van der Waals surface area contributed by atoms with Gasteiger partial charge in [-0.15, -0.1) is 5.10 Å². The lowest BCUT2D eigenvalue weighted by Gasteiger charge is -2.55. The predicted octanol–water partition coefficient (Wildman–Crippen LogP) is 3.67. The fraction of sp³-hybridized carbons (Fsp3) is 0.579. The van der Waals surface area contributed by atoms with Gasteiger partial charge >= 0.3 is 0 Å². The lowest BCUT2D eigenvalue weighted by atomic mass is 9.49. The summed E-state index contributed by atoms with van der Waals surface area (Å²) in [6.45, 7) is 0. The van der Waals surface area contributed by atoms with Gasteiger partial charge in [-0.3, -0.25) is 4.79 Å². The number of hydrogen-bond donors (Lipinski definition) is 1. The van der Waals surface area contributed by atoms with Crippen LogP contribution in [0.2, 0.25) is 0 Å². The first-order valence-electron chi connectivity index (χ1n) is 9.22. The van der Waals surface area contributed by atoms with Crippen molar-refractivity contribution in [2.75, 3.05) is 0 Å². The third-order valence-electron chi connectivity index (χ3n) is 6.59. The zero-order valence-electron chi connectivity index (χ0n) is 14.6. The summed E-state index contributed by atoms with van der Waals surface area (Å²) in [5.74, 6) is 0.827. The van der Waals surface area contributed by atoms with Crippen molar-refractivity contribution in [1.82, 2.24) is 9.99 Å². The summed E-state index contributed by atoms with van der Waals surface area (Å²) >= 11 is 1.17. The molecular formula is C19H21F2N3OS. The number of rotatable bonds is 2. The molecule has 4 aliphatic rings. The molecule has 0 spiro atoms. The molecule has 4 saturated carbocycles. The lowest BCUT2D eigenvalue weighted by molar-refractivity contribution is -0.146. The van der Waals surface area contributed by atoms with E-state index in [0.717, 1.165) is 25.3 Å². The Morgan fingerprint density at radius 3 is 2.42 bits per heavy atom. The summed E-state index contributed by atoms with van der Waals surface area (Å²) in [5, 5.41) is 4.26. The second-order valence-electron chi connectivity index (χ2n) is 8.43. The van der Waals surface area contributed by atoms with Crippen LogP contribution in [-0.4, -0.2) is 10.5 Å². The topological polar surface area (TPSA) is 46.4 Å². The van der Waals surface area contributed by atoms with E-state index in [1.807, 2.05) is 0 Å². The molecule has 0 aliphatic heterocycles. The fourth-order valence-corrected chi connectivity index (χ4v) is 6.93. The van der Waals surface area contributed by atoms with Crippen LogP contribution in [0.4, 0.5) is 8.78 Å². The maximum Gasteiger partial charge on any atom is 0.246 e. The maximum absolute atomic E-state index is 14.0. The van der Waals surface area contributed by atoms with Crippen LogP contribution in [0.5, 0.6) is 0 Å². The Hall–Kier alpha value is -1.76. The Kier molecular flexibility index (Phi) is 3.55. The second kappa shape index (κ2) is 5.62. The summed E-state index contributed by atoms with van der Waals surface area (Å²) < 4.78 is 29.5. The number of aryl methyl sites for hydroxylation is 1. The molecule has 6 rings (SSSR count). The summed E-state index contributed by atoms with van der Waals surface area (Å²) in [7, 11) is 1.68. The van der Waals surface area contributed by atoms with Crippen molar-refractivity contribution in [2.24, 2.45) is 35.3 Å². The van der Waals surface area contributed by atoms with E-state index >= 15 is 0 Å². The molecule has 4 bridgehead atoms. The zero-order chi connectivity index (χ0) is 18.1. The van der Waals surface area contributed by atoms with Crippen LogP contribution in [0.15, 0.2) is 17.2 Å². The normalized spacial score (nSPS) is 33.2. The summed E-state index contributed by atoms with van der Waals surface area (Å²) in [6.07, 6.45) is 6.75. The molecule has 0 saturated heterocycles. The van der Waals surface area contributed by atoms with E-state index in [-0.39, 0.29) is 11.3 Å². The Morgan fingerprint density at radius 2 is 1.81 bits per heavy atom. The van der Waals surface area contributed by atoms with E-state index in [9.17, 15) is 13.6 Å². The molecule has 1 aromatic heterocycles. The van der Waals surface area contributed by atoms with Gasteiger partial charge in [0, 0.05) is 13.1 Å². The van der Waals surface area contributed by atoms with Crippen molar-refractivity contribution >= 4 is 27.5 Å². The average molecular weight is 377 g/mol. The number of hydrogen-bond acceptors (Lipinski definition) is 3. The lowest BCUT2D eigenvalue weighted by Crippen LogP contribution is -2.53. The molecule has 1 aromatic carbocycles. The Labute approximate surface area is 153 Å². The first kappa shape index (κ1) is 16.4. The smallest absolute Gasteiger partial charge is 0.246 e. The molecule has 4 fully saturated rings. The Balaban J connectivity index is 1.45. The number of halogens is 2. The minimum atomic E-state index is -0.618. The van der Waals surface area contributed by atoms with Gasteiger partial charge in [-0.1, -0.05) is 11.3 Å². The van der Waals surface area contributed by atoms with E-state index in [1.165, 1.54) is 36.7 Å². The third kappa shape index (κ3) is 2.43. The van der Waals surface area contributed by atoms with Crippen molar-refractivity contribution in [2.45, 2.75) is 38.5 Å². The van der Waals surface area contributed by atoms with Crippen molar-refractivity contribution < 1.29 is 13.6 Å². The minimum absolute atomic E-state index is 0.000656. The van der Waals surface area contributed by atoms with Gasteiger partial charge in [0.15, 0.2) is 5.82 Å². The Bertz CT molecular complexity index is 942. The summed E-state index contributed by atoms with van der Waals surface area (Å²) in [6, 6.07) is 2.16. The van der Waals surface area contributed by atoms with Crippen LogP contribution in [-0.2, 0) is 11.8 Å². The number of nitrogens with one attached hydrogen (secondary N) is 1. The van der Waals surface area contributed by atoms with Crippen molar-refractivity contribution in [3.63, 3.8) is 0 Å². The number of amides is 1. The van der Waals surface area contributed by atoms with E-state index in [0.29, 0.717) is 32.8 Å². The van der Waals surface area contributed by atoms with Gasteiger partial charge in [-0.2, -0.15) is 0 Å². The number of carbonyl (C=O) groups excluding carboxylic acids is 1. The zero-order valence-corrected chi connectivity index (χ0v) is 15.4. The quantitative estimate of drug-likeness (QED) is 0.798. The summed E-state index contributed by atoms with van der Waals surface area (Å²) in [5.41, 5.74) is 2.78. The largest absolute Gasteiger partial charge is 0.316 e. The van der Waals surface area contributed by atoms with E-state index in [4.69, 9.17) is 0 Å². The molecule has 2 aromatic rings. The van der Waals surface area contributed by atoms with Crippen LogP contribution >= 0.6 is 11.3 Å². The number of aromatic nitrogens is 1. The number of nitrogens with zero attached hydrogens (tertiary/aromatic N) is 2. The number of fused-ring (bicyclic) bond motifs is 1. The molecule has 1 heterocycles. The minimum Gasteiger partial charge on any atom is -0.316 e. The predicted molar refractivity (Wildman–Crippen MR) is 95.0 cm³/mol. The third-order valence-corrected chi connectivity index (χ3v) is 7.67. The number of thiazole rings is 1. The van der Waals surface area contributed by atoms with Crippen molar-refractivity contribution in [3.8, 4) is 0 Å². The fourth-order valence-electron chi connectivity index (χ4n) is 5.91. The van der Waals surface area contributed by atoms with E-state index < -0.39 is 11.6 Å². The van der Waals surface area contributed by atoms with Crippen LogP contribution in [0.3, 0.4) is 0 Å². The average Bonchev–Trinajstić information content (AvgIpc) is 2.87. The summed E-state index contributed by atoms with van der Waals surface area (Å²) in [4.78, 5) is 13.4. The van der Waals surface area contributed by atoms with Gasteiger partial charge in [0.1, 0.15) is 5.82 Å². The molecule has 0 atom stereocenters. The van der Waals surface area contributed by atoms with Crippen LogP contribution in [0.25, 0.3) is 10.2 Å². The number of carbonyl (C=O) groups is 1. The molecule has 1 N–H and O–H groups in total. The molecule has 4 aliphatic carbocycles. The number of benzene rings is 1.